The van der Waals surface area contributed by atoms with E-state index in [1.807, 2.05) is 0 Å². The van der Waals surface area contributed by atoms with Crippen molar-refractivity contribution < 1.29 is 17.9 Å². The van der Waals surface area contributed by atoms with Gasteiger partial charge in [0.2, 0.25) is 0 Å². The van der Waals surface area contributed by atoms with Gasteiger partial charge in [-0.15, -0.1) is 0 Å². The van der Waals surface area contributed by atoms with Gasteiger partial charge in [0.25, 0.3) is 0 Å². The molecule has 0 radical (unpaired) electrons. The molecule has 0 bridgehead atoms. The number of hydrogen-bond acceptors (Lipinski definition) is 2. The summed E-state index contributed by atoms with van der Waals surface area (Å²) < 4.78 is 40.6. The lowest BCUT2D eigenvalue weighted by Gasteiger charge is -2.29. The molecule has 0 aromatic carbocycles. The molecule has 2 nitrogen and oxygen atoms in total. The predicted molar refractivity (Wildman–Crippen MR) is 33.3 cm³/mol. The van der Waals surface area contributed by atoms with Gasteiger partial charge in [0.1, 0.15) is 6.04 Å². The Balaban J connectivity index is 2.39. The van der Waals surface area contributed by atoms with Gasteiger partial charge >= 0.3 is 6.18 Å². The largest absolute Gasteiger partial charge is 0.406 e. The molecule has 66 valence electrons. The molecule has 5 heteroatoms. The third-order valence-corrected chi connectivity index (χ3v) is 1.59. The van der Waals surface area contributed by atoms with Crippen LogP contribution in [0, 0.1) is 0 Å². The molecule has 1 heterocycles. The van der Waals surface area contributed by atoms with Gasteiger partial charge in [-0.25, -0.2) is 0 Å². The maximum Gasteiger partial charge on any atom is 0.406 e. The Morgan fingerprint density at radius 2 is 2.09 bits per heavy atom. The molecule has 0 aromatic heterocycles. The molecule has 0 aliphatic carbocycles. The van der Waals surface area contributed by atoms with E-state index in [9.17, 15) is 13.2 Å². The van der Waals surface area contributed by atoms with E-state index < -0.39 is 12.2 Å². The lowest BCUT2D eigenvalue weighted by atomic mass is 10.2. The van der Waals surface area contributed by atoms with E-state index in [0.29, 0.717) is 0 Å². The zero-order valence-corrected chi connectivity index (χ0v) is 6.11. The van der Waals surface area contributed by atoms with Crippen LogP contribution >= 0.6 is 0 Å². The number of rotatable bonds is 0. The monoisotopic (exact) mass is 169 g/mol. The average Bonchev–Trinajstić information content (AvgIpc) is 1.86. The number of nitrogens with one attached hydrogen (secondary N) is 1. The fourth-order valence-electron chi connectivity index (χ4n) is 0.897. The maximum atomic E-state index is 11.9. The van der Waals surface area contributed by atoms with Crippen molar-refractivity contribution in [3.05, 3.63) is 0 Å². The van der Waals surface area contributed by atoms with E-state index in [2.05, 4.69) is 5.32 Å². The molecule has 11 heavy (non-hydrogen) atoms. The third-order valence-electron chi connectivity index (χ3n) is 1.59. The van der Waals surface area contributed by atoms with Crippen LogP contribution in [0.15, 0.2) is 0 Å². The maximum absolute atomic E-state index is 11.9. The summed E-state index contributed by atoms with van der Waals surface area (Å²) in [6.45, 7) is 1.73. The fraction of sp³-hybridized carbons (Fsp3) is 1.00. The normalized spacial score (nSPS) is 33.8. The van der Waals surface area contributed by atoms with Gasteiger partial charge in [-0.1, -0.05) is 0 Å². The zero-order chi connectivity index (χ0) is 8.48. The standard InChI is InChI=1S/C6H10F3NO/c1-4-2-10-5(3-11-4)6(7,8)9/h4-5,10H,2-3H2,1H3/t4-,5+/m0/s1. The van der Waals surface area contributed by atoms with Gasteiger partial charge in [0.05, 0.1) is 12.7 Å². The summed E-state index contributed by atoms with van der Waals surface area (Å²) in [5.41, 5.74) is 0. The van der Waals surface area contributed by atoms with E-state index in [0.717, 1.165) is 0 Å². The fourth-order valence-corrected chi connectivity index (χ4v) is 0.897. The minimum atomic E-state index is -4.18. The second-order valence-electron chi connectivity index (χ2n) is 2.65. The highest BCUT2D eigenvalue weighted by Gasteiger charge is 2.41. The number of halogens is 3. The Kier molecular flexibility index (Phi) is 2.39. The quantitative estimate of drug-likeness (QED) is 0.582. The Morgan fingerprint density at radius 3 is 2.45 bits per heavy atom. The van der Waals surface area contributed by atoms with Crippen LogP contribution in [-0.4, -0.2) is 31.5 Å². The molecular formula is C6H10F3NO. The van der Waals surface area contributed by atoms with Gasteiger partial charge in [-0.2, -0.15) is 13.2 Å². The first-order valence-electron chi connectivity index (χ1n) is 3.42. The molecule has 2 atom stereocenters. The van der Waals surface area contributed by atoms with Gasteiger partial charge < -0.3 is 10.1 Å². The molecule has 0 unspecified atom stereocenters. The summed E-state index contributed by atoms with van der Waals surface area (Å²) in [5, 5.41) is 2.36. The van der Waals surface area contributed by atoms with Crippen molar-refractivity contribution in [2.24, 2.45) is 0 Å². The van der Waals surface area contributed by atoms with Crippen LogP contribution in [0.25, 0.3) is 0 Å². The highest BCUT2D eigenvalue weighted by Crippen LogP contribution is 2.22. The summed E-state index contributed by atoms with van der Waals surface area (Å²) in [6, 6.07) is -1.49. The van der Waals surface area contributed by atoms with Crippen LogP contribution < -0.4 is 5.32 Å². The lowest BCUT2D eigenvalue weighted by Crippen LogP contribution is -2.52. The van der Waals surface area contributed by atoms with E-state index in [1.54, 1.807) is 6.92 Å². The minimum absolute atomic E-state index is 0.117. The van der Waals surface area contributed by atoms with Gasteiger partial charge in [-0.05, 0) is 6.92 Å². The molecule has 1 aliphatic heterocycles. The van der Waals surface area contributed by atoms with Crippen molar-refractivity contribution >= 4 is 0 Å². The molecular weight excluding hydrogens is 159 g/mol. The number of morpholine rings is 1. The van der Waals surface area contributed by atoms with Crippen LogP contribution in [-0.2, 0) is 4.74 Å². The van der Waals surface area contributed by atoms with Crippen LogP contribution in [0.2, 0.25) is 0 Å². The minimum Gasteiger partial charge on any atom is -0.375 e. The van der Waals surface area contributed by atoms with E-state index in [4.69, 9.17) is 4.74 Å². The summed E-state index contributed by atoms with van der Waals surface area (Å²) in [7, 11) is 0. The van der Waals surface area contributed by atoms with E-state index in [1.165, 1.54) is 0 Å². The number of ether oxygens (including phenoxy) is 1. The van der Waals surface area contributed by atoms with E-state index >= 15 is 0 Å². The summed E-state index contributed by atoms with van der Waals surface area (Å²) in [5.74, 6) is 0. The van der Waals surface area contributed by atoms with Crippen LogP contribution in [0.5, 0.6) is 0 Å². The van der Waals surface area contributed by atoms with E-state index in [-0.39, 0.29) is 19.3 Å². The molecule has 0 amide bonds. The second-order valence-corrected chi connectivity index (χ2v) is 2.65. The predicted octanol–water partition coefficient (Wildman–Crippen LogP) is 0.926. The molecule has 0 aromatic rings. The van der Waals surface area contributed by atoms with Crippen molar-refractivity contribution in [1.82, 2.24) is 5.32 Å². The highest BCUT2D eigenvalue weighted by atomic mass is 19.4. The first-order valence-corrected chi connectivity index (χ1v) is 3.42. The second kappa shape index (κ2) is 2.98. The van der Waals surface area contributed by atoms with Crippen LogP contribution in [0.3, 0.4) is 0 Å². The average molecular weight is 169 g/mol. The Hall–Kier alpha value is -0.290. The molecule has 1 aliphatic rings. The van der Waals surface area contributed by atoms with Gasteiger partial charge in [0, 0.05) is 6.54 Å². The van der Waals surface area contributed by atoms with Crippen molar-refractivity contribution in [1.29, 1.82) is 0 Å². The number of alkyl halides is 3. The summed E-state index contributed by atoms with van der Waals surface area (Å²) in [4.78, 5) is 0. The molecule has 1 N–H and O–H groups in total. The molecule has 1 fully saturated rings. The Morgan fingerprint density at radius 1 is 1.45 bits per heavy atom. The van der Waals surface area contributed by atoms with Gasteiger partial charge in [-0.3, -0.25) is 0 Å². The summed E-state index contributed by atoms with van der Waals surface area (Å²) in [6.07, 6.45) is -4.30. The van der Waals surface area contributed by atoms with Gasteiger partial charge in [0.15, 0.2) is 0 Å². The van der Waals surface area contributed by atoms with Crippen molar-refractivity contribution in [3.63, 3.8) is 0 Å². The lowest BCUT2D eigenvalue weighted by molar-refractivity contribution is -0.182. The molecule has 0 spiro atoms. The summed E-state index contributed by atoms with van der Waals surface area (Å²) >= 11 is 0. The Labute approximate surface area is 62.7 Å². The smallest absolute Gasteiger partial charge is 0.375 e. The number of hydrogen-bond donors (Lipinski definition) is 1. The van der Waals surface area contributed by atoms with Crippen molar-refractivity contribution in [2.75, 3.05) is 13.2 Å². The van der Waals surface area contributed by atoms with Crippen molar-refractivity contribution in [3.8, 4) is 0 Å². The first kappa shape index (κ1) is 8.80. The zero-order valence-electron chi connectivity index (χ0n) is 6.11. The van der Waals surface area contributed by atoms with Crippen LogP contribution in [0.4, 0.5) is 13.2 Å². The highest BCUT2D eigenvalue weighted by molar-refractivity contribution is 4.79. The SMILES string of the molecule is C[C@H]1CN[C@@H](C(F)(F)F)CO1. The Bertz CT molecular complexity index is 128. The molecule has 1 saturated heterocycles. The molecule has 0 saturated carbocycles. The third kappa shape index (κ3) is 2.34. The topological polar surface area (TPSA) is 21.3 Å². The van der Waals surface area contributed by atoms with Crippen molar-refractivity contribution in [2.45, 2.75) is 25.2 Å². The van der Waals surface area contributed by atoms with Crippen LogP contribution in [0.1, 0.15) is 6.92 Å². The first-order chi connectivity index (χ1) is 5.00. The molecule has 1 rings (SSSR count).